The number of allylic oxidation sites excluding steroid dienone is 2. The first-order valence-corrected chi connectivity index (χ1v) is 8.88. The van der Waals surface area contributed by atoms with Gasteiger partial charge in [0.05, 0.1) is 12.7 Å². The molecule has 0 amide bonds. The number of unbranched alkanes of at least 4 members (excludes halogenated alkanes) is 1. The number of rotatable bonds is 9. The number of para-hydroxylation sites is 1. The van der Waals surface area contributed by atoms with Crippen molar-refractivity contribution >= 4 is 17.6 Å². The van der Waals surface area contributed by atoms with Crippen LogP contribution in [0.2, 0.25) is 0 Å². The highest BCUT2D eigenvalue weighted by Crippen LogP contribution is 2.38. The standard InChI is InChI=1S/C19H25ClO4/c20-17-12-18(21)16(13-24-14-8-4-3-5-9-14)15(17)10-6-1-2-7-11-19(22)23/h1,3-6,8-9,15-18,21H,2,7,10-13H2,(H,22,23)/b6-1-/t15-,16-,17-,18-/m1/s1. The van der Waals surface area contributed by atoms with Crippen molar-refractivity contribution in [2.24, 2.45) is 11.8 Å². The van der Waals surface area contributed by atoms with Gasteiger partial charge in [0.1, 0.15) is 5.75 Å². The van der Waals surface area contributed by atoms with Crippen LogP contribution in [0, 0.1) is 11.8 Å². The SMILES string of the molecule is O=C(O)CCC/C=C\C[C@@H]1[C@@H](COc2ccccc2)[C@H](O)C[C@H]1Cl. The van der Waals surface area contributed by atoms with Gasteiger partial charge < -0.3 is 14.9 Å². The summed E-state index contributed by atoms with van der Waals surface area (Å²) in [5, 5.41) is 18.8. The van der Waals surface area contributed by atoms with Crippen molar-refractivity contribution in [3.8, 4) is 5.75 Å². The first kappa shape index (κ1) is 18.8. The van der Waals surface area contributed by atoms with Gasteiger partial charge in [-0.2, -0.15) is 0 Å². The van der Waals surface area contributed by atoms with Crippen LogP contribution in [0.15, 0.2) is 42.5 Å². The van der Waals surface area contributed by atoms with Crippen LogP contribution in [-0.2, 0) is 4.79 Å². The Morgan fingerprint density at radius 2 is 2.00 bits per heavy atom. The molecule has 0 aliphatic heterocycles. The summed E-state index contributed by atoms with van der Waals surface area (Å²) in [6, 6.07) is 9.57. The zero-order valence-corrected chi connectivity index (χ0v) is 14.4. The Morgan fingerprint density at radius 1 is 1.25 bits per heavy atom. The van der Waals surface area contributed by atoms with Crippen molar-refractivity contribution in [1.82, 2.24) is 0 Å². The zero-order valence-electron chi connectivity index (χ0n) is 13.7. The number of carbonyl (C=O) groups is 1. The summed E-state index contributed by atoms with van der Waals surface area (Å²) in [5.41, 5.74) is 0. The average Bonchev–Trinajstić information content (AvgIpc) is 2.83. The Bertz CT molecular complexity index is 531. The summed E-state index contributed by atoms with van der Waals surface area (Å²) in [7, 11) is 0. The molecule has 1 aliphatic carbocycles. The van der Waals surface area contributed by atoms with Gasteiger partial charge in [-0.1, -0.05) is 30.4 Å². The number of halogens is 1. The molecule has 5 heteroatoms. The summed E-state index contributed by atoms with van der Waals surface area (Å²) in [5.74, 6) is 0.212. The summed E-state index contributed by atoms with van der Waals surface area (Å²) in [6.07, 6.45) is 6.56. The van der Waals surface area contributed by atoms with E-state index >= 15 is 0 Å². The molecule has 132 valence electrons. The molecule has 1 aromatic rings. The van der Waals surface area contributed by atoms with Gasteiger partial charge in [0, 0.05) is 17.7 Å². The fourth-order valence-corrected chi connectivity index (χ4v) is 3.61. The van der Waals surface area contributed by atoms with E-state index in [1.165, 1.54) is 0 Å². The lowest BCUT2D eigenvalue weighted by molar-refractivity contribution is -0.137. The Hall–Kier alpha value is -1.52. The summed E-state index contributed by atoms with van der Waals surface area (Å²) >= 11 is 6.40. The lowest BCUT2D eigenvalue weighted by atomic mass is 9.92. The second-order valence-electron chi connectivity index (χ2n) is 6.26. The van der Waals surface area contributed by atoms with E-state index in [1.54, 1.807) is 0 Å². The van der Waals surface area contributed by atoms with Crippen LogP contribution in [0.3, 0.4) is 0 Å². The number of ether oxygens (including phenoxy) is 1. The number of carboxylic acids is 1. The molecule has 1 aliphatic rings. The number of aliphatic hydroxyl groups is 1. The van der Waals surface area contributed by atoms with Crippen molar-refractivity contribution in [2.75, 3.05) is 6.61 Å². The molecule has 1 saturated carbocycles. The minimum Gasteiger partial charge on any atom is -0.493 e. The molecule has 4 nitrogen and oxygen atoms in total. The van der Waals surface area contributed by atoms with Crippen molar-refractivity contribution < 1.29 is 19.7 Å². The molecule has 24 heavy (non-hydrogen) atoms. The van der Waals surface area contributed by atoms with Crippen LogP contribution >= 0.6 is 11.6 Å². The number of benzene rings is 1. The maximum absolute atomic E-state index is 10.5. The van der Waals surface area contributed by atoms with Crippen LogP contribution < -0.4 is 4.74 Å². The Labute approximate surface area is 148 Å². The summed E-state index contributed by atoms with van der Waals surface area (Å²) in [4.78, 5) is 10.5. The van der Waals surface area contributed by atoms with Crippen LogP contribution in [0.5, 0.6) is 5.75 Å². The number of aliphatic carboxylic acids is 1. The predicted octanol–water partition coefficient (Wildman–Crippen LogP) is 3.87. The molecule has 0 saturated heterocycles. The average molecular weight is 353 g/mol. The van der Waals surface area contributed by atoms with Gasteiger partial charge >= 0.3 is 5.97 Å². The third kappa shape index (κ3) is 5.84. The van der Waals surface area contributed by atoms with E-state index in [1.807, 2.05) is 36.4 Å². The van der Waals surface area contributed by atoms with E-state index < -0.39 is 12.1 Å². The van der Waals surface area contributed by atoms with E-state index in [0.717, 1.165) is 18.6 Å². The summed E-state index contributed by atoms with van der Waals surface area (Å²) < 4.78 is 5.80. The second-order valence-corrected chi connectivity index (χ2v) is 6.82. The van der Waals surface area contributed by atoms with Crippen LogP contribution in [0.1, 0.15) is 32.1 Å². The number of carboxylic acid groups (broad SMARTS) is 1. The van der Waals surface area contributed by atoms with Gasteiger partial charge in [0.15, 0.2) is 0 Å². The number of hydrogen-bond acceptors (Lipinski definition) is 3. The van der Waals surface area contributed by atoms with E-state index in [2.05, 4.69) is 6.08 Å². The Morgan fingerprint density at radius 3 is 2.71 bits per heavy atom. The van der Waals surface area contributed by atoms with E-state index in [-0.39, 0.29) is 23.6 Å². The molecule has 0 heterocycles. The zero-order chi connectivity index (χ0) is 17.4. The largest absolute Gasteiger partial charge is 0.493 e. The highest BCUT2D eigenvalue weighted by molar-refractivity contribution is 6.21. The van der Waals surface area contributed by atoms with Gasteiger partial charge in [0.25, 0.3) is 0 Å². The van der Waals surface area contributed by atoms with Gasteiger partial charge in [-0.15, -0.1) is 11.6 Å². The predicted molar refractivity (Wildman–Crippen MR) is 94.4 cm³/mol. The lowest BCUT2D eigenvalue weighted by Crippen LogP contribution is -2.27. The minimum absolute atomic E-state index is 0.0105. The smallest absolute Gasteiger partial charge is 0.303 e. The van der Waals surface area contributed by atoms with Gasteiger partial charge in [-0.3, -0.25) is 4.79 Å². The molecule has 0 unspecified atom stereocenters. The van der Waals surface area contributed by atoms with Gasteiger partial charge in [0.2, 0.25) is 0 Å². The molecule has 0 radical (unpaired) electrons. The number of hydrogen-bond donors (Lipinski definition) is 2. The molecule has 4 atom stereocenters. The minimum atomic E-state index is -0.763. The fourth-order valence-electron chi connectivity index (χ4n) is 3.14. The van der Waals surface area contributed by atoms with E-state index in [0.29, 0.717) is 19.4 Å². The second kappa shape index (κ2) is 9.70. The van der Waals surface area contributed by atoms with Crippen LogP contribution in [-0.4, -0.2) is 34.3 Å². The third-order valence-corrected chi connectivity index (χ3v) is 5.00. The van der Waals surface area contributed by atoms with Crippen molar-refractivity contribution in [3.05, 3.63) is 42.5 Å². The Kier molecular flexibility index (Phi) is 7.60. The first-order chi connectivity index (χ1) is 11.6. The van der Waals surface area contributed by atoms with Crippen molar-refractivity contribution in [2.45, 2.75) is 43.6 Å². The van der Waals surface area contributed by atoms with E-state index in [9.17, 15) is 9.90 Å². The van der Waals surface area contributed by atoms with Gasteiger partial charge in [-0.05, 0) is 43.7 Å². The first-order valence-electron chi connectivity index (χ1n) is 8.44. The maximum atomic E-state index is 10.5. The molecular weight excluding hydrogens is 328 g/mol. The molecule has 0 aromatic heterocycles. The molecule has 0 spiro atoms. The van der Waals surface area contributed by atoms with Crippen molar-refractivity contribution in [1.29, 1.82) is 0 Å². The van der Waals surface area contributed by atoms with Crippen LogP contribution in [0.4, 0.5) is 0 Å². The Balaban J connectivity index is 1.81. The molecule has 0 bridgehead atoms. The third-order valence-electron chi connectivity index (χ3n) is 4.50. The molecule has 1 aromatic carbocycles. The number of alkyl halides is 1. The number of aliphatic hydroxyl groups excluding tert-OH is 1. The quantitative estimate of drug-likeness (QED) is 0.402. The topological polar surface area (TPSA) is 66.8 Å². The lowest BCUT2D eigenvalue weighted by Gasteiger charge is -2.22. The van der Waals surface area contributed by atoms with Crippen molar-refractivity contribution in [3.63, 3.8) is 0 Å². The van der Waals surface area contributed by atoms with Crippen LogP contribution in [0.25, 0.3) is 0 Å². The normalized spacial score (nSPS) is 26.8. The summed E-state index contributed by atoms with van der Waals surface area (Å²) in [6.45, 7) is 0.450. The highest BCUT2D eigenvalue weighted by Gasteiger charge is 2.41. The molecule has 1 fully saturated rings. The maximum Gasteiger partial charge on any atom is 0.303 e. The molecule has 2 N–H and O–H groups in total. The molecule has 2 rings (SSSR count). The highest BCUT2D eigenvalue weighted by atomic mass is 35.5. The monoisotopic (exact) mass is 352 g/mol. The van der Waals surface area contributed by atoms with E-state index in [4.69, 9.17) is 21.4 Å². The molecular formula is C19H25ClO4. The van der Waals surface area contributed by atoms with Gasteiger partial charge in [-0.25, -0.2) is 0 Å². The fraction of sp³-hybridized carbons (Fsp3) is 0.526.